The first kappa shape index (κ1) is 17.0. The van der Waals surface area contributed by atoms with Gasteiger partial charge in [-0.3, -0.25) is 10.9 Å². The van der Waals surface area contributed by atoms with Crippen LogP contribution in [0.25, 0.3) is 0 Å². The molecule has 0 spiro atoms. The number of hydrazine groups is 1. The lowest BCUT2D eigenvalue weighted by atomic mass is 10.2. The molecule has 23 heavy (non-hydrogen) atoms. The monoisotopic (exact) mass is 346 g/mol. The minimum Gasteiger partial charge on any atom is -0.497 e. The smallest absolute Gasteiger partial charge is 0.189 e. The van der Waals surface area contributed by atoms with E-state index in [0.29, 0.717) is 16.8 Å². The zero-order chi connectivity index (χ0) is 16.5. The number of rotatable bonds is 4. The summed E-state index contributed by atoms with van der Waals surface area (Å²) in [6.07, 6.45) is 0. The van der Waals surface area contributed by atoms with Gasteiger partial charge in [-0.25, -0.2) is 0 Å². The van der Waals surface area contributed by atoms with Crippen LogP contribution < -0.4 is 26.2 Å². The van der Waals surface area contributed by atoms with Crippen LogP contribution in [0.4, 0.5) is 5.69 Å². The first-order valence-corrected chi connectivity index (χ1v) is 7.78. The molecular formula is C16H18N4OS2. The van der Waals surface area contributed by atoms with Crippen molar-refractivity contribution < 1.29 is 4.74 Å². The number of thiocarbonyl (C=S) groups is 2. The molecule has 2 rings (SSSR count). The van der Waals surface area contributed by atoms with Crippen LogP contribution in [-0.4, -0.2) is 17.3 Å². The van der Waals surface area contributed by atoms with Crippen molar-refractivity contribution in [2.24, 2.45) is 0 Å². The Morgan fingerprint density at radius 2 is 1.57 bits per heavy atom. The third kappa shape index (κ3) is 6.09. The van der Waals surface area contributed by atoms with Crippen LogP contribution in [0.1, 0.15) is 5.56 Å². The summed E-state index contributed by atoms with van der Waals surface area (Å²) >= 11 is 10.4. The van der Waals surface area contributed by atoms with Gasteiger partial charge in [-0.2, -0.15) is 0 Å². The van der Waals surface area contributed by atoms with E-state index >= 15 is 0 Å². The van der Waals surface area contributed by atoms with Crippen molar-refractivity contribution >= 4 is 40.3 Å². The van der Waals surface area contributed by atoms with Crippen LogP contribution in [0.2, 0.25) is 0 Å². The number of nitrogens with one attached hydrogen (secondary N) is 4. The molecule has 0 radical (unpaired) electrons. The van der Waals surface area contributed by atoms with Crippen LogP contribution >= 0.6 is 24.4 Å². The first-order chi connectivity index (χ1) is 11.2. The molecule has 0 fully saturated rings. The quantitative estimate of drug-likeness (QED) is 0.501. The van der Waals surface area contributed by atoms with E-state index < -0.39 is 0 Å². The molecule has 0 amide bonds. The Labute approximate surface area is 146 Å². The highest BCUT2D eigenvalue weighted by atomic mass is 32.1. The van der Waals surface area contributed by atoms with Crippen molar-refractivity contribution in [1.29, 1.82) is 0 Å². The highest BCUT2D eigenvalue weighted by molar-refractivity contribution is 7.80. The Morgan fingerprint density at radius 1 is 0.913 bits per heavy atom. The number of hydrogen-bond donors (Lipinski definition) is 4. The van der Waals surface area contributed by atoms with Crippen molar-refractivity contribution in [3.63, 3.8) is 0 Å². The minimum atomic E-state index is 0.416. The average Bonchev–Trinajstić information content (AvgIpc) is 2.60. The number of anilines is 1. The highest BCUT2D eigenvalue weighted by Gasteiger charge is 2.00. The summed E-state index contributed by atoms with van der Waals surface area (Å²) in [7, 11) is 1.63. The fourth-order valence-electron chi connectivity index (χ4n) is 1.77. The van der Waals surface area contributed by atoms with Crippen LogP contribution in [-0.2, 0) is 6.54 Å². The first-order valence-electron chi connectivity index (χ1n) is 6.96. The van der Waals surface area contributed by atoms with Crippen LogP contribution in [0.3, 0.4) is 0 Å². The molecule has 0 heterocycles. The Morgan fingerprint density at radius 3 is 2.22 bits per heavy atom. The standard InChI is InChI=1S/C16H18N4OS2/c1-21-14-9-7-13(8-10-14)18-16(23)20-19-15(22)17-11-12-5-3-2-4-6-12/h2-10H,11H2,1H3,(H2,17,19,22)(H2,18,20,23). The number of methoxy groups -OCH3 is 1. The van der Waals surface area contributed by atoms with Gasteiger partial charge in [-0.15, -0.1) is 0 Å². The van der Waals surface area contributed by atoms with Crippen molar-refractivity contribution in [2.75, 3.05) is 12.4 Å². The molecule has 0 bridgehead atoms. The normalized spacial score (nSPS) is 9.61. The van der Waals surface area contributed by atoms with Crippen LogP contribution in [0.15, 0.2) is 54.6 Å². The Hall–Kier alpha value is -2.38. The van der Waals surface area contributed by atoms with E-state index in [0.717, 1.165) is 17.0 Å². The zero-order valence-corrected chi connectivity index (χ0v) is 14.3. The molecule has 0 aliphatic rings. The van der Waals surface area contributed by atoms with Gasteiger partial charge in [-0.05, 0) is 54.3 Å². The molecule has 0 aliphatic carbocycles. The van der Waals surface area contributed by atoms with Crippen molar-refractivity contribution in [2.45, 2.75) is 6.54 Å². The fourth-order valence-corrected chi connectivity index (χ4v) is 2.06. The molecule has 120 valence electrons. The minimum absolute atomic E-state index is 0.416. The van der Waals surface area contributed by atoms with Crippen molar-refractivity contribution in [3.05, 3.63) is 60.2 Å². The lowest BCUT2D eigenvalue weighted by molar-refractivity contribution is 0.415. The molecule has 2 aromatic rings. The van der Waals surface area contributed by atoms with Crippen molar-refractivity contribution in [3.8, 4) is 5.75 Å². The molecule has 4 N–H and O–H groups in total. The second-order valence-electron chi connectivity index (χ2n) is 4.60. The van der Waals surface area contributed by atoms with E-state index in [9.17, 15) is 0 Å². The lowest BCUT2D eigenvalue weighted by Gasteiger charge is -2.14. The molecule has 7 heteroatoms. The van der Waals surface area contributed by atoms with Gasteiger partial charge < -0.3 is 15.4 Å². The molecule has 0 aromatic heterocycles. The Balaban J connectivity index is 1.69. The summed E-state index contributed by atoms with van der Waals surface area (Å²) in [6, 6.07) is 17.5. The molecule has 0 aliphatic heterocycles. The van der Waals surface area contributed by atoms with Gasteiger partial charge in [-0.1, -0.05) is 30.3 Å². The van der Waals surface area contributed by atoms with Gasteiger partial charge in [0, 0.05) is 12.2 Å². The SMILES string of the molecule is COc1ccc(NC(=S)NNC(=S)NCc2ccccc2)cc1. The number of hydrogen-bond acceptors (Lipinski definition) is 3. The van der Waals surface area contributed by atoms with E-state index in [1.54, 1.807) is 7.11 Å². The van der Waals surface area contributed by atoms with Gasteiger partial charge in [0.1, 0.15) is 5.75 Å². The van der Waals surface area contributed by atoms with Gasteiger partial charge in [0.2, 0.25) is 0 Å². The molecule has 0 unspecified atom stereocenters. The van der Waals surface area contributed by atoms with Gasteiger partial charge >= 0.3 is 0 Å². The van der Waals surface area contributed by atoms with Crippen molar-refractivity contribution in [1.82, 2.24) is 16.2 Å². The predicted molar refractivity (Wildman–Crippen MR) is 101 cm³/mol. The summed E-state index contributed by atoms with van der Waals surface area (Å²) in [5.74, 6) is 0.791. The number of ether oxygens (including phenoxy) is 1. The van der Waals surface area contributed by atoms with Gasteiger partial charge in [0.05, 0.1) is 7.11 Å². The molecule has 0 saturated heterocycles. The summed E-state index contributed by atoms with van der Waals surface area (Å²) in [5.41, 5.74) is 7.67. The summed E-state index contributed by atoms with van der Waals surface area (Å²) in [6.45, 7) is 0.646. The van der Waals surface area contributed by atoms with E-state index in [4.69, 9.17) is 29.2 Å². The predicted octanol–water partition coefficient (Wildman–Crippen LogP) is 2.56. The fraction of sp³-hybridized carbons (Fsp3) is 0.125. The Kier molecular flexibility index (Phi) is 6.58. The van der Waals surface area contributed by atoms with E-state index in [2.05, 4.69) is 21.5 Å². The molecular weight excluding hydrogens is 328 g/mol. The zero-order valence-electron chi connectivity index (χ0n) is 12.6. The maximum absolute atomic E-state index is 5.19. The van der Waals surface area contributed by atoms with E-state index in [-0.39, 0.29) is 0 Å². The third-order valence-electron chi connectivity index (χ3n) is 2.93. The largest absolute Gasteiger partial charge is 0.497 e. The molecule has 0 saturated carbocycles. The van der Waals surface area contributed by atoms with Crippen LogP contribution in [0.5, 0.6) is 5.75 Å². The second-order valence-corrected chi connectivity index (χ2v) is 5.42. The highest BCUT2D eigenvalue weighted by Crippen LogP contribution is 2.14. The topological polar surface area (TPSA) is 57.4 Å². The lowest BCUT2D eigenvalue weighted by Crippen LogP contribution is -2.47. The maximum atomic E-state index is 5.19. The summed E-state index contributed by atoms with van der Waals surface area (Å²) in [4.78, 5) is 0. The van der Waals surface area contributed by atoms with E-state index in [1.165, 1.54) is 0 Å². The average molecular weight is 346 g/mol. The summed E-state index contributed by atoms with van der Waals surface area (Å²) < 4.78 is 5.10. The van der Waals surface area contributed by atoms with E-state index in [1.807, 2.05) is 54.6 Å². The molecule has 5 nitrogen and oxygen atoms in total. The van der Waals surface area contributed by atoms with Gasteiger partial charge in [0.25, 0.3) is 0 Å². The molecule has 2 aromatic carbocycles. The number of benzene rings is 2. The summed E-state index contributed by atoms with van der Waals surface area (Å²) in [5, 5.41) is 7.01. The molecule has 0 atom stereocenters. The maximum Gasteiger partial charge on any atom is 0.189 e. The third-order valence-corrected chi connectivity index (χ3v) is 3.38. The Bertz CT molecular complexity index is 647. The van der Waals surface area contributed by atoms with Gasteiger partial charge in [0.15, 0.2) is 10.2 Å². The second kappa shape index (κ2) is 8.92. The van der Waals surface area contributed by atoms with Crippen LogP contribution in [0, 0.1) is 0 Å².